The van der Waals surface area contributed by atoms with Gasteiger partial charge in [-0.25, -0.2) is 4.39 Å². The minimum atomic E-state index is -0.289. The molecule has 0 bridgehead atoms. The lowest BCUT2D eigenvalue weighted by molar-refractivity contribution is -0.116. The van der Waals surface area contributed by atoms with Crippen LogP contribution in [0.2, 0.25) is 0 Å². The van der Waals surface area contributed by atoms with E-state index in [4.69, 9.17) is 4.52 Å². The minimum Gasteiger partial charge on any atom is -0.385 e. The van der Waals surface area contributed by atoms with Crippen LogP contribution in [-0.2, 0) is 11.2 Å². The van der Waals surface area contributed by atoms with E-state index in [9.17, 15) is 9.18 Å². The molecule has 6 nitrogen and oxygen atoms in total. The highest BCUT2D eigenvalue weighted by atomic mass is 19.1. The summed E-state index contributed by atoms with van der Waals surface area (Å²) in [6.07, 6.45) is 5.75. The van der Waals surface area contributed by atoms with Crippen LogP contribution in [0.5, 0.6) is 0 Å². The highest BCUT2D eigenvalue weighted by Crippen LogP contribution is 2.33. The Hall–Kier alpha value is -2.93. The number of aromatic nitrogens is 1. The molecule has 0 spiro atoms. The maximum atomic E-state index is 13.4. The largest absolute Gasteiger partial charge is 0.385 e. The molecule has 0 unspecified atom stereocenters. The van der Waals surface area contributed by atoms with Crippen LogP contribution in [0.15, 0.2) is 40.9 Å². The van der Waals surface area contributed by atoms with Crippen LogP contribution in [0, 0.1) is 5.82 Å². The fraction of sp³-hybridized carbons (Fsp3) is 0.440. The van der Waals surface area contributed by atoms with Gasteiger partial charge in [0.1, 0.15) is 5.82 Å². The molecule has 3 aromatic rings. The van der Waals surface area contributed by atoms with Crippen molar-refractivity contribution in [3.8, 4) is 0 Å². The lowest BCUT2D eigenvalue weighted by atomic mass is 9.91. The first-order chi connectivity index (χ1) is 15.7. The van der Waals surface area contributed by atoms with E-state index in [1.54, 1.807) is 6.07 Å². The third-order valence-corrected chi connectivity index (χ3v) is 6.67. The van der Waals surface area contributed by atoms with Crippen molar-refractivity contribution in [3.63, 3.8) is 0 Å². The van der Waals surface area contributed by atoms with Crippen molar-refractivity contribution < 1.29 is 13.7 Å². The summed E-state index contributed by atoms with van der Waals surface area (Å²) in [4.78, 5) is 14.1. The van der Waals surface area contributed by atoms with Crippen LogP contribution in [0.25, 0.3) is 11.0 Å². The topological polar surface area (TPSA) is 70.4 Å². The van der Waals surface area contributed by atoms with E-state index in [1.807, 2.05) is 6.07 Å². The molecule has 168 valence electrons. The molecule has 1 amide bonds. The van der Waals surface area contributed by atoms with E-state index < -0.39 is 0 Å². The number of anilines is 2. The van der Waals surface area contributed by atoms with Crippen LogP contribution in [0.3, 0.4) is 0 Å². The lowest BCUT2D eigenvalue weighted by Gasteiger charge is -2.31. The molecule has 2 aromatic carbocycles. The number of rotatable bonds is 7. The number of unbranched alkanes of at least 4 members (excludes halogenated alkanes) is 1. The standard InChI is InChI=1S/C25H29FN4O2/c26-19-5-7-21-23(15-19)32-29-25(21)18-9-13-30(14-10-18)12-2-1-11-27-20-6-3-17-4-8-24(31)28-22(17)16-20/h3,5-7,15-16,18,27H,1-2,4,8-14H2,(H,28,31). The van der Waals surface area contributed by atoms with Gasteiger partial charge in [-0.1, -0.05) is 11.2 Å². The Labute approximate surface area is 187 Å². The van der Waals surface area contributed by atoms with Gasteiger partial charge in [-0.3, -0.25) is 4.79 Å². The van der Waals surface area contributed by atoms with Crippen LogP contribution < -0.4 is 10.6 Å². The summed E-state index contributed by atoms with van der Waals surface area (Å²) >= 11 is 0. The Morgan fingerprint density at radius 3 is 2.88 bits per heavy atom. The number of carbonyl (C=O) groups is 1. The molecule has 5 rings (SSSR count). The van der Waals surface area contributed by atoms with Gasteiger partial charge in [0.05, 0.1) is 5.69 Å². The number of nitrogens with one attached hydrogen (secondary N) is 2. The molecule has 1 aromatic heterocycles. The Morgan fingerprint density at radius 2 is 2.00 bits per heavy atom. The van der Waals surface area contributed by atoms with Gasteiger partial charge in [0.25, 0.3) is 0 Å². The van der Waals surface area contributed by atoms with Gasteiger partial charge < -0.3 is 20.1 Å². The average molecular weight is 437 g/mol. The molecule has 2 N–H and O–H groups in total. The van der Waals surface area contributed by atoms with Gasteiger partial charge in [-0.2, -0.15) is 0 Å². The Morgan fingerprint density at radius 1 is 1.12 bits per heavy atom. The quantitative estimate of drug-likeness (QED) is 0.514. The molecule has 3 heterocycles. The van der Waals surface area contributed by atoms with Gasteiger partial charge in [-0.15, -0.1) is 0 Å². The van der Waals surface area contributed by atoms with Crippen molar-refractivity contribution in [2.24, 2.45) is 0 Å². The highest BCUT2D eigenvalue weighted by Gasteiger charge is 2.25. The molecule has 1 fully saturated rings. The number of hydrogen-bond acceptors (Lipinski definition) is 5. The first-order valence-electron chi connectivity index (χ1n) is 11.6. The summed E-state index contributed by atoms with van der Waals surface area (Å²) in [7, 11) is 0. The van der Waals surface area contributed by atoms with Gasteiger partial charge in [0.2, 0.25) is 5.91 Å². The summed E-state index contributed by atoms with van der Waals surface area (Å²) in [5, 5.41) is 11.6. The van der Waals surface area contributed by atoms with E-state index in [1.165, 1.54) is 17.7 Å². The molecular formula is C25H29FN4O2. The minimum absolute atomic E-state index is 0.101. The Balaban J connectivity index is 1.03. The third kappa shape index (κ3) is 4.63. The normalized spacial score (nSPS) is 17.3. The molecule has 32 heavy (non-hydrogen) atoms. The molecule has 0 aliphatic carbocycles. The molecule has 0 atom stereocenters. The maximum absolute atomic E-state index is 13.4. The van der Waals surface area contributed by atoms with Crippen LogP contribution in [0.4, 0.5) is 15.8 Å². The number of fused-ring (bicyclic) bond motifs is 2. The van der Waals surface area contributed by atoms with Gasteiger partial charge in [-0.05, 0) is 81.6 Å². The number of halogens is 1. The molecule has 1 saturated heterocycles. The van der Waals surface area contributed by atoms with Gasteiger partial charge in [0, 0.05) is 41.7 Å². The molecule has 0 saturated carbocycles. The van der Waals surface area contributed by atoms with Crippen molar-refractivity contribution in [1.82, 2.24) is 10.1 Å². The number of piperidine rings is 1. The summed E-state index contributed by atoms with van der Waals surface area (Å²) in [5.41, 5.74) is 4.73. The number of benzene rings is 2. The zero-order chi connectivity index (χ0) is 21.9. The van der Waals surface area contributed by atoms with E-state index in [-0.39, 0.29) is 11.7 Å². The van der Waals surface area contributed by atoms with Gasteiger partial charge >= 0.3 is 0 Å². The number of aryl methyl sites for hydroxylation is 1. The zero-order valence-corrected chi connectivity index (χ0v) is 18.2. The third-order valence-electron chi connectivity index (χ3n) is 6.67. The van der Waals surface area contributed by atoms with Crippen LogP contribution in [-0.4, -0.2) is 42.1 Å². The number of likely N-dealkylation sites (tertiary alicyclic amines) is 1. The summed E-state index contributed by atoms with van der Waals surface area (Å²) in [5.74, 6) is 0.191. The van der Waals surface area contributed by atoms with Crippen molar-refractivity contribution in [2.75, 3.05) is 36.8 Å². The van der Waals surface area contributed by atoms with Crippen molar-refractivity contribution in [3.05, 3.63) is 53.5 Å². The second kappa shape index (κ2) is 9.28. The van der Waals surface area contributed by atoms with E-state index in [0.717, 1.165) is 80.7 Å². The van der Waals surface area contributed by atoms with Crippen LogP contribution in [0.1, 0.15) is 49.3 Å². The van der Waals surface area contributed by atoms with Crippen molar-refractivity contribution in [1.29, 1.82) is 0 Å². The monoisotopic (exact) mass is 436 g/mol. The van der Waals surface area contributed by atoms with Crippen LogP contribution >= 0.6 is 0 Å². The zero-order valence-electron chi connectivity index (χ0n) is 18.2. The number of amides is 1. The fourth-order valence-electron chi connectivity index (χ4n) is 4.83. The Bertz CT molecular complexity index is 1100. The molecule has 2 aliphatic heterocycles. The summed E-state index contributed by atoms with van der Waals surface area (Å²) in [6.45, 7) is 4.13. The average Bonchev–Trinajstić information content (AvgIpc) is 3.22. The first kappa shape index (κ1) is 20.9. The number of nitrogens with zero attached hydrogens (tertiary/aromatic N) is 2. The second-order valence-electron chi connectivity index (χ2n) is 8.88. The van der Waals surface area contributed by atoms with E-state index >= 15 is 0 Å². The lowest BCUT2D eigenvalue weighted by Crippen LogP contribution is -2.34. The predicted octanol–water partition coefficient (Wildman–Crippen LogP) is 4.92. The molecular weight excluding hydrogens is 407 g/mol. The predicted molar refractivity (Wildman–Crippen MR) is 123 cm³/mol. The maximum Gasteiger partial charge on any atom is 0.224 e. The first-order valence-corrected chi connectivity index (χ1v) is 11.6. The molecule has 7 heteroatoms. The van der Waals surface area contributed by atoms with E-state index in [0.29, 0.717) is 17.9 Å². The Kier molecular flexibility index (Phi) is 6.08. The number of hydrogen-bond donors (Lipinski definition) is 2. The smallest absolute Gasteiger partial charge is 0.224 e. The fourth-order valence-corrected chi connectivity index (χ4v) is 4.83. The number of carbonyl (C=O) groups excluding carboxylic acids is 1. The highest BCUT2D eigenvalue weighted by molar-refractivity contribution is 5.94. The van der Waals surface area contributed by atoms with Gasteiger partial charge in [0.15, 0.2) is 5.58 Å². The van der Waals surface area contributed by atoms with Crippen molar-refractivity contribution >= 4 is 28.3 Å². The SMILES string of the molecule is O=C1CCc2ccc(NCCCCN3CCC(c4noc5cc(F)ccc45)CC3)cc2N1. The molecule has 2 aliphatic rings. The molecule has 0 radical (unpaired) electrons. The van der Waals surface area contributed by atoms with E-state index in [2.05, 4.69) is 32.8 Å². The summed E-state index contributed by atoms with van der Waals surface area (Å²) < 4.78 is 18.7. The summed E-state index contributed by atoms with van der Waals surface area (Å²) in [6, 6.07) is 10.9. The van der Waals surface area contributed by atoms with Crippen molar-refractivity contribution in [2.45, 2.75) is 44.4 Å². The second-order valence-corrected chi connectivity index (χ2v) is 8.88.